The van der Waals surface area contributed by atoms with Crippen LogP contribution in [0.5, 0.6) is 0 Å². The van der Waals surface area contributed by atoms with Gasteiger partial charge in [-0.1, -0.05) is 19.9 Å². The van der Waals surface area contributed by atoms with Crippen molar-refractivity contribution in [2.45, 2.75) is 71.1 Å². The number of piperidine rings is 1. The Morgan fingerprint density at radius 3 is 2.65 bits per heavy atom. The van der Waals surface area contributed by atoms with Crippen LogP contribution < -0.4 is 5.56 Å². The third-order valence-electron chi connectivity index (χ3n) is 6.68. The molecule has 1 unspecified atom stereocenters. The molecular weight excluding hydrogens is 392 g/mol. The fourth-order valence-electron chi connectivity index (χ4n) is 4.28. The fraction of sp³-hybridized carbons (Fsp3) is 0.565. The van der Waals surface area contributed by atoms with Crippen molar-refractivity contribution in [2.75, 3.05) is 13.1 Å². The molecule has 3 aromatic rings. The lowest BCUT2D eigenvalue weighted by molar-refractivity contribution is 0.0644. The van der Waals surface area contributed by atoms with Gasteiger partial charge in [-0.05, 0) is 79.1 Å². The minimum absolute atomic E-state index is 0.128. The van der Waals surface area contributed by atoms with Crippen LogP contribution in [0.15, 0.2) is 29.1 Å². The summed E-state index contributed by atoms with van der Waals surface area (Å²) in [6, 6.07) is 7.75. The van der Waals surface area contributed by atoms with Crippen LogP contribution in [-0.2, 0) is 12.0 Å². The number of nitrogens with one attached hydrogen (secondary N) is 1. The van der Waals surface area contributed by atoms with Crippen LogP contribution in [0.3, 0.4) is 0 Å². The Bertz CT molecular complexity index is 1110. The van der Waals surface area contributed by atoms with E-state index >= 15 is 0 Å². The van der Waals surface area contributed by atoms with Gasteiger partial charge in [-0.15, -0.1) is 5.10 Å². The van der Waals surface area contributed by atoms with E-state index in [2.05, 4.69) is 59.2 Å². The number of benzene rings is 1. The number of hydrogen-bond donors (Lipinski definition) is 2. The molecule has 8 heteroatoms. The van der Waals surface area contributed by atoms with Crippen LogP contribution in [0.4, 0.5) is 0 Å². The number of aliphatic hydroxyl groups is 1. The van der Waals surface area contributed by atoms with Crippen LogP contribution >= 0.6 is 0 Å². The van der Waals surface area contributed by atoms with Crippen LogP contribution in [-0.4, -0.2) is 54.4 Å². The zero-order valence-corrected chi connectivity index (χ0v) is 18.8. The smallest absolute Gasteiger partial charge is 0.253 e. The van der Waals surface area contributed by atoms with E-state index < -0.39 is 0 Å². The molecule has 4 rings (SSSR count). The average molecular weight is 425 g/mol. The molecule has 3 heterocycles. The van der Waals surface area contributed by atoms with Gasteiger partial charge in [0.2, 0.25) is 0 Å². The van der Waals surface area contributed by atoms with E-state index in [0.29, 0.717) is 37.3 Å². The maximum Gasteiger partial charge on any atom is 0.253 e. The zero-order valence-electron chi connectivity index (χ0n) is 18.8. The average Bonchev–Trinajstić information content (AvgIpc) is 3.25. The predicted octanol–water partition coefficient (Wildman–Crippen LogP) is 2.77. The Hall–Kier alpha value is -2.58. The Balaban J connectivity index is 1.89. The summed E-state index contributed by atoms with van der Waals surface area (Å²) in [7, 11) is 0. The summed E-state index contributed by atoms with van der Waals surface area (Å²) >= 11 is 0. The van der Waals surface area contributed by atoms with Crippen molar-refractivity contribution in [3.05, 3.63) is 51.6 Å². The van der Waals surface area contributed by atoms with Crippen molar-refractivity contribution < 1.29 is 5.11 Å². The largest absolute Gasteiger partial charge is 0.393 e. The first-order valence-electron chi connectivity index (χ1n) is 11.2. The summed E-state index contributed by atoms with van der Waals surface area (Å²) in [5, 5.41) is 23.7. The van der Waals surface area contributed by atoms with Crippen molar-refractivity contribution in [1.29, 1.82) is 0 Å². The first-order valence-corrected chi connectivity index (χ1v) is 11.2. The summed E-state index contributed by atoms with van der Waals surface area (Å²) in [6.45, 7) is 9.78. The second-order valence-electron chi connectivity index (χ2n) is 9.11. The number of aryl methyl sites for hydroxylation is 1. The minimum Gasteiger partial charge on any atom is -0.393 e. The number of likely N-dealkylation sites (tertiary alicyclic amines) is 1. The first-order chi connectivity index (χ1) is 14.8. The molecule has 0 aliphatic carbocycles. The lowest BCUT2D eigenvalue weighted by Crippen LogP contribution is -2.43. The molecule has 1 aliphatic heterocycles. The van der Waals surface area contributed by atoms with Crippen molar-refractivity contribution >= 4 is 10.9 Å². The molecule has 1 fully saturated rings. The first kappa shape index (κ1) is 21.6. The Kier molecular flexibility index (Phi) is 5.94. The van der Waals surface area contributed by atoms with Crippen LogP contribution in [0.25, 0.3) is 10.9 Å². The molecule has 0 bridgehead atoms. The van der Waals surface area contributed by atoms with Crippen molar-refractivity contribution in [3.8, 4) is 0 Å². The normalized spacial score (nSPS) is 17.3. The van der Waals surface area contributed by atoms with E-state index in [1.165, 1.54) is 5.56 Å². The van der Waals surface area contributed by atoms with Crippen LogP contribution in [0.1, 0.15) is 70.0 Å². The molecule has 0 amide bonds. The number of aromatic amines is 1. The number of pyridine rings is 1. The summed E-state index contributed by atoms with van der Waals surface area (Å²) in [4.78, 5) is 18.5. The highest BCUT2D eigenvalue weighted by molar-refractivity contribution is 5.80. The number of rotatable bonds is 6. The number of H-pyrrole nitrogens is 1. The monoisotopic (exact) mass is 424 g/mol. The minimum atomic E-state index is -0.383. The summed E-state index contributed by atoms with van der Waals surface area (Å²) in [5.41, 5.74) is 2.27. The van der Waals surface area contributed by atoms with Crippen molar-refractivity contribution in [3.63, 3.8) is 0 Å². The van der Waals surface area contributed by atoms with E-state index in [0.717, 1.165) is 23.7 Å². The molecule has 166 valence electrons. The third-order valence-corrected chi connectivity index (χ3v) is 6.68. The second kappa shape index (κ2) is 8.51. The molecule has 1 atom stereocenters. The van der Waals surface area contributed by atoms with Gasteiger partial charge >= 0.3 is 0 Å². The molecule has 2 aromatic heterocycles. The zero-order chi connectivity index (χ0) is 22.2. The van der Waals surface area contributed by atoms with E-state index in [1.54, 1.807) is 0 Å². The van der Waals surface area contributed by atoms with Gasteiger partial charge in [-0.3, -0.25) is 9.69 Å². The number of aromatic nitrogens is 5. The van der Waals surface area contributed by atoms with Gasteiger partial charge in [-0.25, -0.2) is 4.68 Å². The van der Waals surface area contributed by atoms with Crippen molar-refractivity contribution in [2.24, 2.45) is 0 Å². The Labute approximate surface area is 182 Å². The number of nitrogens with zero attached hydrogens (tertiary/aromatic N) is 5. The highest BCUT2D eigenvalue weighted by atomic mass is 16.3. The van der Waals surface area contributed by atoms with Crippen molar-refractivity contribution in [1.82, 2.24) is 30.1 Å². The Morgan fingerprint density at radius 1 is 1.23 bits per heavy atom. The molecule has 2 N–H and O–H groups in total. The topological polar surface area (TPSA) is 99.9 Å². The lowest BCUT2D eigenvalue weighted by Gasteiger charge is -2.36. The van der Waals surface area contributed by atoms with E-state index in [1.807, 2.05) is 22.9 Å². The van der Waals surface area contributed by atoms with Gasteiger partial charge in [0.15, 0.2) is 5.82 Å². The second-order valence-corrected chi connectivity index (χ2v) is 9.11. The molecule has 31 heavy (non-hydrogen) atoms. The number of tetrazole rings is 1. The molecular formula is C23H32N6O2. The van der Waals surface area contributed by atoms with Gasteiger partial charge in [0, 0.05) is 24.2 Å². The van der Waals surface area contributed by atoms with Crippen LogP contribution in [0.2, 0.25) is 0 Å². The highest BCUT2D eigenvalue weighted by Gasteiger charge is 2.35. The van der Waals surface area contributed by atoms with Crippen LogP contribution in [0, 0.1) is 0 Å². The van der Waals surface area contributed by atoms with E-state index in [9.17, 15) is 9.90 Å². The summed E-state index contributed by atoms with van der Waals surface area (Å²) in [6.07, 6.45) is 2.81. The van der Waals surface area contributed by atoms with Gasteiger partial charge in [0.1, 0.15) is 6.04 Å². The lowest BCUT2D eigenvalue weighted by atomic mass is 9.97. The van der Waals surface area contributed by atoms with E-state index in [4.69, 9.17) is 0 Å². The molecule has 0 saturated carbocycles. The fourth-order valence-corrected chi connectivity index (χ4v) is 4.28. The van der Waals surface area contributed by atoms with Gasteiger partial charge in [-0.2, -0.15) is 0 Å². The van der Waals surface area contributed by atoms with Gasteiger partial charge in [0.05, 0.1) is 11.6 Å². The quantitative estimate of drug-likeness (QED) is 0.631. The maximum atomic E-state index is 13.3. The van der Waals surface area contributed by atoms with E-state index in [-0.39, 0.29) is 23.2 Å². The third kappa shape index (κ3) is 4.14. The molecule has 1 saturated heterocycles. The molecule has 0 radical (unpaired) electrons. The highest BCUT2D eigenvalue weighted by Crippen LogP contribution is 2.32. The number of hydrogen-bond acceptors (Lipinski definition) is 6. The summed E-state index contributed by atoms with van der Waals surface area (Å²) in [5.74, 6) is 0.666. The maximum absolute atomic E-state index is 13.3. The van der Waals surface area contributed by atoms with Gasteiger partial charge in [0.25, 0.3) is 5.56 Å². The molecule has 8 nitrogen and oxygen atoms in total. The standard InChI is InChI=1S/C23H32N6O2/c1-5-15-7-8-19-16(13-15)14-18(22(31)24-19)20(28-11-9-17(30)10-12-28)21-25-26-27-29(21)23(3,4)6-2/h7-8,13-14,17,20,30H,5-6,9-12H2,1-4H3,(H,24,31). The number of aliphatic hydroxyl groups excluding tert-OH is 1. The summed E-state index contributed by atoms with van der Waals surface area (Å²) < 4.78 is 1.86. The Morgan fingerprint density at radius 2 is 1.97 bits per heavy atom. The number of fused-ring (bicyclic) bond motifs is 1. The van der Waals surface area contributed by atoms with Gasteiger partial charge < -0.3 is 10.1 Å². The predicted molar refractivity (Wildman–Crippen MR) is 120 cm³/mol. The molecule has 0 spiro atoms. The molecule has 1 aromatic carbocycles. The SMILES string of the molecule is CCc1ccc2[nH]c(=O)c(C(c3nnnn3C(C)(C)CC)N3CCC(O)CC3)cc2c1. The molecule has 1 aliphatic rings.